The van der Waals surface area contributed by atoms with Crippen molar-refractivity contribution >= 4 is 17.7 Å². The Labute approximate surface area is 139 Å². The van der Waals surface area contributed by atoms with Crippen molar-refractivity contribution in [2.24, 2.45) is 0 Å². The van der Waals surface area contributed by atoms with Crippen molar-refractivity contribution in [3.63, 3.8) is 0 Å². The number of hydrogen-bond donors (Lipinski definition) is 2. The molecule has 0 aliphatic carbocycles. The van der Waals surface area contributed by atoms with E-state index in [9.17, 15) is 22.8 Å². The quantitative estimate of drug-likeness (QED) is 0.811. The van der Waals surface area contributed by atoms with Crippen molar-refractivity contribution in [1.82, 2.24) is 14.5 Å². The Bertz CT molecular complexity index is 845. The topological polar surface area (TPSA) is 87.5 Å². The standard InChI is InChI=1S/C15H13F3N4O3/c1-7-4-21-6-19-13(14(23)24)11(21)5-22(7)15(25)20-8-2-9(16)12(18)10(17)3-8/h2-3,6-7H,4-5H2,1H3,(H,20,25)(H,23,24)/t7-/m0/s1. The minimum Gasteiger partial charge on any atom is -0.476 e. The number of anilines is 1. The third kappa shape index (κ3) is 3.02. The van der Waals surface area contributed by atoms with E-state index in [1.807, 2.05) is 0 Å². The number of fused-ring (bicyclic) bond motifs is 1. The lowest BCUT2D eigenvalue weighted by molar-refractivity contribution is 0.0686. The highest BCUT2D eigenvalue weighted by molar-refractivity contribution is 5.90. The summed E-state index contributed by atoms with van der Waals surface area (Å²) in [7, 11) is 0. The molecule has 0 saturated carbocycles. The van der Waals surface area contributed by atoms with E-state index in [0.29, 0.717) is 24.4 Å². The zero-order valence-electron chi connectivity index (χ0n) is 13.0. The van der Waals surface area contributed by atoms with Crippen LogP contribution in [0.4, 0.5) is 23.7 Å². The third-order valence-electron chi connectivity index (χ3n) is 3.96. The molecular formula is C15H13F3N4O3. The molecule has 132 valence electrons. The maximum atomic E-state index is 13.2. The van der Waals surface area contributed by atoms with Gasteiger partial charge in [0, 0.05) is 30.4 Å². The van der Waals surface area contributed by atoms with Gasteiger partial charge in [0.25, 0.3) is 0 Å². The molecule has 3 rings (SSSR count). The molecule has 0 radical (unpaired) electrons. The van der Waals surface area contributed by atoms with Gasteiger partial charge in [-0.2, -0.15) is 0 Å². The van der Waals surface area contributed by atoms with E-state index >= 15 is 0 Å². The average molecular weight is 354 g/mol. The van der Waals surface area contributed by atoms with Crippen molar-refractivity contribution in [1.29, 1.82) is 0 Å². The first-order valence-corrected chi connectivity index (χ1v) is 7.27. The molecule has 2 aromatic rings. The molecule has 2 amide bonds. The van der Waals surface area contributed by atoms with Crippen LogP contribution in [-0.2, 0) is 13.1 Å². The van der Waals surface area contributed by atoms with E-state index < -0.39 is 29.5 Å². The minimum atomic E-state index is -1.63. The number of hydrogen-bond acceptors (Lipinski definition) is 3. The van der Waals surface area contributed by atoms with Crippen LogP contribution in [0.25, 0.3) is 0 Å². The molecule has 1 aliphatic rings. The number of imidazole rings is 1. The largest absolute Gasteiger partial charge is 0.476 e. The molecule has 10 heteroatoms. The molecule has 1 aromatic heterocycles. The van der Waals surface area contributed by atoms with E-state index in [4.69, 9.17) is 5.11 Å². The highest BCUT2D eigenvalue weighted by atomic mass is 19.2. The first kappa shape index (κ1) is 16.8. The maximum Gasteiger partial charge on any atom is 0.356 e. The van der Waals surface area contributed by atoms with Crippen LogP contribution in [-0.4, -0.2) is 37.6 Å². The lowest BCUT2D eigenvalue weighted by Gasteiger charge is -2.34. The summed E-state index contributed by atoms with van der Waals surface area (Å²) >= 11 is 0. The van der Waals surface area contributed by atoms with Gasteiger partial charge in [0.1, 0.15) is 0 Å². The summed E-state index contributed by atoms with van der Waals surface area (Å²) in [5.74, 6) is -5.69. The number of benzene rings is 1. The minimum absolute atomic E-state index is 0.0409. The number of amides is 2. The van der Waals surface area contributed by atoms with Gasteiger partial charge in [-0.05, 0) is 6.92 Å². The summed E-state index contributed by atoms with van der Waals surface area (Å²) in [5, 5.41) is 11.4. The van der Waals surface area contributed by atoms with Crippen LogP contribution >= 0.6 is 0 Å². The SMILES string of the molecule is C[C@H]1Cn2cnc(C(=O)O)c2CN1C(=O)Nc1cc(F)c(F)c(F)c1. The molecule has 1 aromatic carbocycles. The molecule has 25 heavy (non-hydrogen) atoms. The van der Waals surface area contributed by atoms with Gasteiger partial charge in [0.05, 0.1) is 18.6 Å². The first-order chi connectivity index (χ1) is 11.8. The van der Waals surface area contributed by atoms with Crippen LogP contribution in [0, 0.1) is 17.5 Å². The monoisotopic (exact) mass is 354 g/mol. The molecule has 0 saturated heterocycles. The highest BCUT2D eigenvalue weighted by Crippen LogP contribution is 2.23. The Morgan fingerprint density at radius 2 is 1.92 bits per heavy atom. The van der Waals surface area contributed by atoms with E-state index in [-0.39, 0.29) is 24.0 Å². The van der Waals surface area contributed by atoms with Gasteiger partial charge in [0.15, 0.2) is 23.1 Å². The molecule has 0 bridgehead atoms. The van der Waals surface area contributed by atoms with Crippen molar-refractivity contribution < 1.29 is 27.9 Å². The second-order valence-corrected chi connectivity index (χ2v) is 5.66. The summed E-state index contributed by atoms with van der Waals surface area (Å²) in [6.07, 6.45) is 1.38. The maximum absolute atomic E-state index is 13.2. The number of carbonyl (C=O) groups excluding carboxylic acids is 1. The number of carboxylic acids is 1. The smallest absolute Gasteiger partial charge is 0.356 e. The molecule has 7 nitrogen and oxygen atoms in total. The first-order valence-electron chi connectivity index (χ1n) is 7.27. The molecule has 2 N–H and O–H groups in total. The summed E-state index contributed by atoms with van der Waals surface area (Å²) in [4.78, 5) is 28.7. The Kier molecular flexibility index (Phi) is 4.11. The van der Waals surface area contributed by atoms with Crippen molar-refractivity contribution in [2.45, 2.75) is 26.1 Å². The summed E-state index contributed by atoms with van der Waals surface area (Å²) in [6.45, 7) is 2.00. The molecule has 2 heterocycles. The fourth-order valence-corrected chi connectivity index (χ4v) is 2.70. The molecule has 0 unspecified atom stereocenters. The van der Waals surface area contributed by atoms with Gasteiger partial charge in [0.2, 0.25) is 0 Å². The molecule has 0 fully saturated rings. The number of rotatable bonds is 2. The molecule has 1 atom stereocenters. The number of halogens is 3. The van der Waals surface area contributed by atoms with Crippen LogP contribution < -0.4 is 5.32 Å². The average Bonchev–Trinajstić information content (AvgIpc) is 2.94. The van der Waals surface area contributed by atoms with Gasteiger partial charge in [-0.25, -0.2) is 27.7 Å². The fourth-order valence-electron chi connectivity index (χ4n) is 2.70. The Balaban J connectivity index is 1.83. The van der Waals surface area contributed by atoms with Gasteiger partial charge in [-0.15, -0.1) is 0 Å². The number of nitrogens with one attached hydrogen (secondary N) is 1. The number of aromatic nitrogens is 2. The predicted molar refractivity (Wildman–Crippen MR) is 79.5 cm³/mol. The Hall–Kier alpha value is -3.04. The van der Waals surface area contributed by atoms with Crippen molar-refractivity contribution in [3.05, 3.63) is 47.3 Å². The second-order valence-electron chi connectivity index (χ2n) is 5.66. The van der Waals surface area contributed by atoms with E-state index in [1.165, 1.54) is 11.2 Å². The van der Waals surface area contributed by atoms with E-state index in [1.54, 1.807) is 11.5 Å². The van der Waals surface area contributed by atoms with Crippen LogP contribution in [0.15, 0.2) is 18.5 Å². The van der Waals surface area contributed by atoms with Crippen molar-refractivity contribution in [2.75, 3.05) is 5.32 Å². The predicted octanol–water partition coefficient (Wildman–Crippen LogP) is 2.43. The molecule has 0 spiro atoms. The number of aromatic carboxylic acids is 1. The zero-order chi connectivity index (χ0) is 18.3. The second kappa shape index (κ2) is 6.11. The van der Waals surface area contributed by atoms with Crippen LogP contribution in [0.5, 0.6) is 0 Å². The van der Waals surface area contributed by atoms with Gasteiger partial charge in [-0.3, -0.25) is 0 Å². The van der Waals surface area contributed by atoms with Crippen molar-refractivity contribution in [3.8, 4) is 0 Å². The normalized spacial score (nSPS) is 16.5. The number of urea groups is 1. The lowest BCUT2D eigenvalue weighted by Crippen LogP contribution is -2.46. The Morgan fingerprint density at radius 3 is 2.52 bits per heavy atom. The highest BCUT2D eigenvalue weighted by Gasteiger charge is 2.31. The molecule has 1 aliphatic heterocycles. The third-order valence-corrected chi connectivity index (χ3v) is 3.96. The van der Waals surface area contributed by atoms with E-state index in [2.05, 4.69) is 10.3 Å². The summed E-state index contributed by atoms with van der Waals surface area (Å²) in [6, 6.07) is 0.315. The van der Waals surface area contributed by atoms with Crippen LogP contribution in [0.3, 0.4) is 0 Å². The summed E-state index contributed by atoms with van der Waals surface area (Å²) < 4.78 is 41.1. The fraction of sp³-hybridized carbons (Fsp3) is 0.267. The summed E-state index contributed by atoms with van der Waals surface area (Å²) in [5.41, 5.74) is -0.0630. The van der Waals surface area contributed by atoms with E-state index in [0.717, 1.165) is 0 Å². The molecular weight excluding hydrogens is 341 g/mol. The van der Waals surface area contributed by atoms with Crippen LogP contribution in [0.2, 0.25) is 0 Å². The van der Waals surface area contributed by atoms with Crippen LogP contribution in [0.1, 0.15) is 23.1 Å². The van der Waals surface area contributed by atoms with Gasteiger partial charge < -0.3 is 19.9 Å². The zero-order valence-corrected chi connectivity index (χ0v) is 13.0. The number of nitrogens with zero attached hydrogens (tertiary/aromatic N) is 3. The van der Waals surface area contributed by atoms with Gasteiger partial charge in [-0.1, -0.05) is 0 Å². The number of carbonyl (C=O) groups is 2. The van der Waals surface area contributed by atoms with Gasteiger partial charge >= 0.3 is 12.0 Å². The lowest BCUT2D eigenvalue weighted by atomic mass is 10.1. The Morgan fingerprint density at radius 1 is 1.28 bits per heavy atom. The number of carboxylic acid groups (broad SMARTS) is 1.